The van der Waals surface area contributed by atoms with Gasteiger partial charge >= 0.3 is 0 Å². The summed E-state index contributed by atoms with van der Waals surface area (Å²) >= 11 is 0. The van der Waals surface area contributed by atoms with Gasteiger partial charge in [-0.25, -0.2) is 8.42 Å². The van der Waals surface area contributed by atoms with Crippen molar-refractivity contribution in [2.45, 2.75) is 69.0 Å². The van der Waals surface area contributed by atoms with E-state index < -0.39 is 15.9 Å². The number of ether oxygens (including phenoxy) is 1. The molecule has 35 heavy (non-hydrogen) atoms. The van der Waals surface area contributed by atoms with Crippen molar-refractivity contribution >= 4 is 9.84 Å². The van der Waals surface area contributed by atoms with Gasteiger partial charge in [0.1, 0.15) is 5.75 Å². The van der Waals surface area contributed by atoms with Gasteiger partial charge in [0.05, 0.1) is 23.4 Å². The van der Waals surface area contributed by atoms with Gasteiger partial charge in [0.2, 0.25) is 0 Å². The largest absolute Gasteiger partial charge is 0.508 e. The topological polar surface area (TPSA) is 116 Å². The van der Waals surface area contributed by atoms with Gasteiger partial charge in [-0.05, 0) is 80.0 Å². The van der Waals surface area contributed by atoms with Gasteiger partial charge in [0, 0.05) is 25.3 Å². The highest BCUT2D eigenvalue weighted by Crippen LogP contribution is 2.27. The molecule has 0 unspecified atom stereocenters. The van der Waals surface area contributed by atoms with E-state index in [2.05, 4.69) is 11.4 Å². The summed E-state index contributed by atoms with van der Waals surface area (Å²) in [6.45, 7) is 2.50. The highest BCUT2D eigenvalue weighted by Gasteiger charge is 2.25. The zero-order valence-electron chi connectivity index (χ0n) is 20.4. The molecule has 1 atom stereocenters. The maximum atomic E-state index is 12.0. The lowest BCUT2D eigenvalue weighted by atomic mass is 10.1. The van der Waals surface area contributed by atoms with Crippen LogP contribution in [0.2, 0.25) is 0 Å². The summed E-state index contributed by atoms with van der Waals surface area (Å²) in [6, 6.07) is 10.7. The summed E-state index contributed by atoms with van der Waals surface area (Å²) in [5, 5.41) is 32.3. The Morgan fingerprint density at radius 3 is 2.54 bits per heavy atom. The first-order valence-electron chi connectivity index (χ1n) is 12.6. The van der Waals surface area contributed by atoms with Crippen molar-refractivity contribution in [2.24, 2.45) is 0 Å². The molecule has 1 heterocycles. The zero-order valence-corrected chi connectivity index (χ0v) is 21.2. The van der Waals surface area contributed by atoms with E-state index >= 15 is 0 Å². The SMILES string of the molecule is O=S1(=O)CCc2ccc(CCCCOCCCCCCNC[C@H](O)c3ccc(O)c(CO)c3)cc21. The molecule has 7 nitrogen and oxygen atoms in total. The van der Waals surface area contributed by atoms with E-state index in [1.54, 1.807) is 12.1 Å². The fourth-order valence-corrected chi connectivity index (χ4v) is 5.95. The number of aliphatic hydroxyl groups excluding tert-OH is 2. The van der Waals surface area contributed by atoms with Crippen LogP contribution in [0.1, 0.15) is 66.9 Å². The number of hydrogen-bond acceptors (Lipinski definition) is 7. The van der Waals surface area contributed by atoms with E-state index in [0.29, 0.717) is 29.0 Å². The van der Waals surface area contributed by atoms with E-state index in [9.17, 15) is 23.7 Å². The lowest BCUT2D eigenvalue weighted by Crippen LogP contribution is -2.22. The molecule has 0 aromatic heterocycles. The third-order valence-electron chi connectivity index (χ3n) is 6.50. The molecule has 0 bridgehead atoms. The quantitative estimate of drug-likeness (QED) is 0.258. The van der Waals surface area contributed by atoms with Crippen LogP contribution in [0.15, 0.2) is 41.3 Å². The Bertz CT molecular complexity index is 1040. The monoisotopic (exact) mass is 505 g/mol. The van der Waals surface area contributed by atoms with Crippen molar-refractivity contribution in [3.63, 3.8) is 0 Å². The van der Waals surface area contributed by atoms with Crippen LogP contribution in [0.3, 0.4) is 0 Å². The smallest absolute Gasteiger partial charge is 0.178 e. The number of sulfone groups is 1. The lowest BCUT2D eigenvalue weighted by molar-refractivity contribution is 0.126. The van der Waals surface area contributed by atoms with Crippen LogP contribution >= 0.6 is 0 Å². The molecule has 2 aromatic carbocycles. The van der Waals surface area contributed by atoms with Crippen LogP contribution in [0, 0.1) is 0 Å². The molecule has 0 spiro atoms. The van der Waals surface area contributed by atoms with Crippen molar-refractivity contribution in [1.29, 1.82) is 0 Å². The van der Waals surface area contributed by atoms with Crippen LogP contribution in [-0.2, 0) is 34.0 Å². The minimum absolute atomic E-state index is 0.0368. The van der Waals surface area contributed by atoms with Crippen LogP contribution < -0.4 is 5.32 Å². The number of fused-ring (bicyclic) bond motifs is 1. The second-order valence-corrected chi connectivity index (χ2v) is 11.3. The average Bonchev–Trinajstić information content (AvgIpc) is 3.16. The van der Waals surface area contributed by atoms with Crippen molar-refractivity contribution < 1.29 is 28.5 Å². The molecule has 3 rings (SSSR count). The van der Waals surface area contributed by atoms with Gasteiger partial charge in [-0.1, -0.05) is 31.0 Å². The lowest BCUT2D eigenvalue weighted by Gasteiger charge is -2.14. The predicted molar refractivity (Wildman–Crippen MR) is 136 cm³/mol. The fraction of sp³-hybridized carbons (Fsp3) is 0.556. The third kappa shape index (κ3) is 8.58. The Kier molecular flexibility index (Phi) is 11.0. The summed E-state index contributed by atoms with van der Waals surface area (Å²) < 4.78 is 29.8. The first kappa shape index (κ1) is 27.6. The van der Waals surface area contributed by atoms with Gasteiger partial charge in [0.25, 0.3) is 0 Å². The van der Waals surface area contributed by atoms with E-state index in [-0.39, 0.29) is 18.1 Å². The predicted octanol–water partition coefficient (Wildman–Crippen LogP) is 3.44. The highest BCUT2D eigenvalue weighted by atomic mass is 32.2. The summed E-state index contributed by atoms with van der Waals surface area (Å²) in [7, 11) is -3.06. The van der Waals surface area contributed by atoms with Crippen LogP contribution in [0.4, 0.5) is 0 Å². The summed E-state index contributed by atoms with van der Waals surface area (Å²) in [5.41, 5.74) is 3.14. The van der Waals surface area contributed by atoms with E-state index in [1.165, 1.54) is 6.07 Å². The number of nitrogens with one attached hydrogen (secondary N) is 1. The maximum Gasteiger partial charge on any atom is 0.178 e. The van der Waals surface area contributed by atoms with Crippen LogP contribution in [-0.4, -0.2) is 55.8 Å². The van der Waals surface area contributed by atoms with Crippen LogP contribution in [0.5, 0.6) is 5.75 Å². The molecule has 1 aliphatic rings. The Labute approximate surface area is 209 Å². The molecule has 0 radical (unpaired) electrons. The molecule has 0 saturated carbocycles. The number of aliphatic hydroxyl groups is 2. The van der Waals surface area contributed by atoms with Gasteiger partial charge in [-0.3, -0.25) is 0 Å². The summed E-state index contributed by atoms with van der Waals surface area (Å²) in [6.07, 6.45) is 7.06. The second-order valence-electron chi connectivity index (χ2n) is 9.26. The molecule has 1 aliphatic heterocycles. The minimum Gasteiger partial charge on any atom is -0.508 e. The molecular formula is C27H39NO6S. The molecular weight excluding hydrogens is 466 g/mol. The fourth-order valence-electron chi connectivity index (χ4n) is 4.34. The minimum atomic E-state index is -3.06. The first-order valence-corrected chi connectivity index (χ1v) is 14.3. The maximum absolute atomic E-state index is 12.0. The highest BCUT2D eigenvalue weighted by molar-refractivity contribution is 7.91. The van der Waals surface area contributed by atoms with Gasteiger partial charge in [-0.2, -0.15) is 0 Å². The molecule has 0 saturated heterocycles. The van der Waals surface area contributed by atoms with Gasteiger partial charge in [-0.15, -0.1) is 0 Å². The van der Waals surface area contributed by atoms with Crippen molar-refractivity contribution in [1.82, 2.24) is 5.32 Å². The van der Waals surface area contributed by atoms with Gasteiger partial charge in [0.15, 0.2) is 9.84 Å². The summed E-state index contributed by atoms with van der Waals surface area (Å²) in [4.78, 5) is 0.534. The Hall–Kier alpha value is -1.97. The van der Waals surface area contributed by atoms with E-state index in [1.807, 2.05) is 12.1 Å². The van der Waals surface area contributed by atoms with Gasteiger partial charge < -0.3 is 25.4 Å². The second kappa shape index (κ2) is 13.9. The average molecular weight is 506 g/mol. The number of aryl methyl sites for hydroxylation is 2. The molecule has 0 amide bonds. The third-order valence-corrected chi connectivity index (χ3v) is 8.29. The number of benzene rings is 2. The molecule has 2 aromatic rings. The van der Waals surface area contributed by atoms with E-state index in [0.717, 1.165) is 75.8 Å². The molecule has 8 heteroatoms. The van der Waals surface area contributed by atoms with Crippen molar-refractivity contribution in [3.05, 3.63) is 58.7 Å². The molecule has 0 aliphatic carbocycles. The summed E-state index contributed by atoms with van der Waals surface area (Å²) in [5.74, 6) is 0.280. The number of rotatable bonds is 16. The number of unbranched alkanes of at least 4 members (excludes halogenated alkanes) is 4. The number of phenols is 1. The molecule has 0 fully saturated rings. The number of aromatic hydroxyl groups is 1. The Morgan fingerprint density at radius 1 is 0.971 bits per heavy atom. The Balaban J connectivity index is 1.15. The van der Waals surface area contributed by atoms with Crippen LogP contribution in [0.25, 0.3) is 0 Å². The molecule has 194 valence electrons. The first-order chi connectivity index (χ1) is 16.9. The van der Waals surface area contributed by atoms with Crippen molar-refractivity contribution in [3.8, 4) is 5.75 Å². The Morgan fingerprint density at radius 2 is 1.74 bits per heavy atom. The standard InChI is InChI=1S/C27H39NO6S/c29-20-24-18-23(10-11-25(24)30)26(31)19-28-13-4-1-2-5-14-34-15-6-3-7-21-8-9-22-12-16-35(32,33)27(22)17-21/h8-11,17-18,26,28-31H,1-7,12-16,19-20H2/t26-/m0/s1. The van der Waals surface area contributed by atoms with Crippen molar-refractivity contribution in [2.75, 3.05) is 32.1 Å². The molecule has 4 N–H and O–H groups in total. The normalized spacial score (nSPS) is 15.3. The number of hydrogen-bond donors (Lipinski definition) is 4. The van der Waals surface area contributed by atoms with E-state index in [4.69, 9.17) is 4.74 Å². The zero-order chi connectivity index (χ0) is 25.1.